The third kappa shape index (κ3) is 4.48. The van der Waals surface area contributed by atoms with Crippen LogP contribution in [0.25, 0.3) is 0 Å². The highest BCUT2D eigenvalue weighted by Gasteiger charge is 2.41. The van der Waals surface area contributed by atoms with Crippen molar-refractivity contribution in [1.29, 1.82) is 0 Å². The summed E-state index contributed by atoms with van der Waals surface area (Å²) >= 11 is 1.64. The molecule has 3 amide bonds. The van der Waals surface area contributed by atoms with E-state index in [1.54, 1.807) is 39.3 Å². The Labute approximate surface area is 209 Å². The number of nitrogens with zero attached hydrogens (tertiary/aromatic N) is 2. The summed E-state index contributed by atoms with van der Waals surface area (Å²) in [6, 6.07) is 18.3. The molecular formula is C28H29N3O3S. The van der Waals surface area contributed by atoms with Crippen LogP contribution in [0.15, 0.2) is 66.0 Å². The van der Waals surface area contributed by atoms with Crippen LogP contribution >= 0.6 is 11.3 Å². The molecule has 5 rings (SSSR count). The highest BCUT2D eigenvalue weighted by Crippen LogP contribution is 2.33. The molecule has 1 fully saturated rings. The maximum Gasteiger partial charge on any atom is 0.256 e. The Morgan fingerprint density at radius 1 is 1.06 bits per heavy atom. The fraction of sp³-hybridized carbons (Fsp3) is 0.321. The van der Waals surface area contributed by atoms with Crippen LogP contribution in [0.2, 0.25) is 0 Å². The minimum absolute atomic E-state index is 0.0414. The lowest BCUT2D eigenvalue weighted by atomic mass is 10.0. The number of amides is 3. The minimum Gasteiger partial charge on any atom is -0.344 e. The molecule has 2 aliphatic rings. The number of carbonyl (C=O) groups excluding carboxylic acids is 3. The van der Waals surface area contributed by atoms with Crippen LogP contribution in [0.3, 0.4) is 0 Å². The maximum absolute atomic E-state index is 13.5. The van der Waals surface area contributed by atoms with Crippen molar-refractivity contribution in [2.75, 3.05) is 11.4 Å². The zero-order valence-electron chi connectivity index (χ0n) is 19.9. The molecule has 3 aromatic rings. The smallest absolute Gasteiger partial charge is 0.256 e. The van der Waals surface area contributed by atoms with Gasteiger partial charge in [0, 0.05) is 17.0 Å². The van der Waals surface area contributed by atoms with Crippen LogP contribution in [-0.2, 0) is 11.3 Å². The van der Waals surface area contributed by atoms with Gasteiger partial charge in [0.2, 0.25) is 5.91 Å². The van der Waals surface area contributed by atoms with Crippen molar-refractivity contribution < 1.29 is 14.4 Å². The topological polar surface area (TPSA) is 69.7 Å². The van der Waals surface area contributed by atoms with Gasteiger partial charge in [-0.25, -0.2) is 0 Å². The van der Waals surface area contributed by atoms with Crippen molar-refractivity contribution in [1.82, 2.24) is 10.2 Å². The maximum atomic E-state index is 13.5. The molecule has 2 atom stereocenters. The van der Waals surface area contributed by atoms with E-state index in [1.165, 1.54) is 0 Å². The van der Waals surface area contributed by atoms with Crippen LogP contribution < -0.4 is 10.2 Å². The van der Waals surface area contributed by atoms with Crippen molar-refractivity contribution in [3.8, 4) is 0 Å². The molecule has 1 saturated heterocycles. The van der Waals surface area contributed by atoms with Gasteiger partial charge in [0.1, 0.15) is 6.04 Å². The van der Waals surface area contributed by atoms with Gasteiger partial charge in [0.25, 0.3) is 11.8 Å². The van der Waals surface area contributed by atoms with E-state index in [2.05, 4.69) is 19.2 Å². The molecule has 1 aromatic heterocycles. The number of nitrogens with one attached hydrogen (secondary N) is 1. The molecule has 2 unspecified atom stereocenters. The summed E-state index contributed by atoms with van der Waals surface area (Å²) in [4.78, 5) is 44.1. The van der Waals surface area contributed by atoms with Gasteiger partial charge in [0.15, 0.2) is 0 Å². The number of rotatable bonds is 6. The molecule has 180 valence electrons. The summed E-state index contributed by atoms with van der Waals surface area (Å²) in [5, 5.41) is 5.18. The lowest BCUT2D eigenvalue weighted by molar-refractivity contribution is -0.122. The number of para-hydroxylation sites is 1. The first-order valence-electron chi connectivity index (χ1n) is 12.1. The molecule has 2 aromatic carbocycles. The van der Waals surface area contributed by atoms with Crippen LogP contribution in [0, 0.1) is 5.92 Å². The number of benzene rings is 2. The third-order valence-corrected chi connectivity index (χ3v) is 7.81. The second-order valence-electron chi connectivity index (χ2n) is 9.51. The number of hydrogen-bond acceptors (Lipinski definition) is 4. The van der Waals surface area contributed by atoms with E-state index in [1.807, 2.05) is 47.8 Å². The molecule has 6 nitrogen and oxygen atoms in total. The number of fused-ring (bicyclic) bond motifs is 2. The quantitative estimate of drug-likeness (QED) is 0.530. The van der Waals surface area contributed by atoms with Crippen molar-refractivity contribution in [2.45, 2.75) is 45.3 Å². The number of anilines is 1. The molecule has 2 aliphatic heterocycles. The van der Waals surface area contributed by atoms with Crippen molar-refractivity contribution in [3.63, 3.8) is 0 Å². The molecular weight excluding hydrogens is 458 g/mol. The summed E-state index contributed by atoms with van der Waals surface area (Å²) in [5.74, 6) is 0.0330. The molecule has 0 aliphatic carbocycles. The average Bonchev–Trinajstić information content (AvgIpc) is 3.56. The standard InChI is InChI=1S/C28H29N3O3S/c1-18(2)25(24-10-6-16-35-24)29-26(32)20-13-11-19(12-14-20)17-31-22-8-4-3-7-21(22)27(33)30-15-5-9-23(30)28(31)34/h3-4,6-8,10-14,16,18,23,25H,5,9,15,17H2,1-2H3,(H,29,32). The Bertz CT molecular complexity index is 1240. The molecule has 0 bridgehead atoms. The van der Waals surface area contributed by atoms with Gasteiger partial charge in [-0.05, 0) is 60.0 Å². The predicted octanol–water partition coefficient (Wildman–Crippen LogP) is 5.03. The second-order valence-corrected chi connectivity index (χ2v) is 10.5. The summed E-state index contributed by atoms with van der Waals surface area (Å²) in [7, 11) is 0. The van der Waals surface area contributed by atoms with Gasteiger partial charge in [-0.2, -0.15) is 0 Å². The summed E-state index contributed by atoms with van der Waals surface area (Å²) in [5.41, 5.74) is 2.70. The summed E-state index contributed by atoms with van der Waals surface area (Å²) < 4.78 is 0. The first kappa shape index (κ1) is 23.3. The van der Waals surface area contributed by atoms with Crippen molar-refractivity contribution in [3.05, 3.63) is 87.6 Å². The molecule has 7 heteroatoms. The third-order valence-electron chi connectivity index (χ3n) is 6.85. The molecule has 0 radical (unpaired) electrons. The van der Waals surface area contributed by atoms with E-state index in [9.17, 15) is 14.4 Å². The summed E-state index contributed by atoms with van der Waals surface area (Å²) in [6.45, 7) is 5.16. The van der Waals surface area contributed by atoms with Crippen LogP contribution in [0.4, 0.5) is 5.69 Å². The molecule has 0 spiro atoms. The van der Waals surface area contributed by atoms with Crippen LogP contribution in [0.5, 0.6) is 0 Å². The number of carbonyl (C=O) groups is 3. The molecule has 1 N–H and O–H groups in total. The Morgan fingerprint density at radius 2 is 1.83 bits per heavy atom. The van der Waals surface area contributed by atoms with E-state index >= 15 is 0 Å². The first-order valence-corrected chi connectivity index (χ1v) is 13.0. The first-order chi connectivity index (χ1) is 16.9. The van der Waals surface area contributed by atoms with Crippen LogP contribution in [0.1, 0.15) is 63.9 Å². The van der Waals surface area contributed by atoms with Gasteiger partial charge in [0.05, 0.1) is 23.8 Å². The SMILES string of the molecule is CC(C)C(NC(=O)c1ccc(CN2C(=O)C3CCCN3C(=O)c3ccccc32)cc1)c1cccs1. The normalized spacial score (nSPS) is 18.3. The number of thiophene rings is 1. The van der Waals surface area contributed by atoms with Gasteiger partial charge in [-0.15, -0.1) is 11.3 Å². The van der Waals surface area contributed by atoms with Gasteiger partial charge in [-0.1, -0.05) is 44.2 Å². The zero-order valence-corrected chi connectivity index (χ0v) is 20.8. The Kier molecular flexibility index (Phi) is 6.43. The van der Waals surface area contributed by atoms with Gasteiger partial charge in [-0.3, -0.25) is 14.4 Å². The zero-order chi connectivity index (χ0) is 24.5. The minimum atomic E-state index is -0.412. The monoisotopic (exact) mass is 487 g/mol. The summed E-state index contributed by atoms with van der Waals surface area (Å²) in [6.07, 6.45) is 1.53. The Morgan fingerprint density at radius 3 is 2.54 bits per heavy atom. The van der Waals surface area contributed by atoms with Crippen molar-refractivity contribution >= 4 is 34.7 Å². The molecule has 3 heterocycles. The second kappa shape index (κ2) is 9.66. The Hall–Kier alpha value is -3.45. The number of hydrogen-bond donors (Lipinski definition) is 1. The molecule has 0 saturated carbocycles. The predicted molar refractivity (Wildman–Crippen MR) is 137 cm³/mol. The van der Waals surface area contributed by atoms with Gasteiger partial charge < -0.3 is 15.1 Å². The van der Waals surface area contributed by atoms with E-state index in [4.69, 9.17) is 0 Å². The van der Waals surface area contributed by atoms with E-state index in [0.29, 0.717) is 36.3 Å². The van der Waals surface area contributed by atoms with Crippen LogP contribution in [-0.4, -0.2) is 35.2 Å². The largest absolute Gasteiger partial charge is 0.344 e. The fourth-order valence-corrected chi connectivity index (χ4v) is 5.93. The fourth-order valence-electron chi connectivity index (χ4n) is 4.98. The van der Waals surface area contributed by atoms with Gasteiger partial charge >= 0.3 is 0 Å². The Balaban J connectivity index is 1.36. The highest BCUT2D eigenvalue weighted by molar-refractivity contribution is 7.10. The highest BCUT2D eigenvalue weighted by atomic mass is 32.1. The average molecular weight is 488 g/mol. The van der Waals surface area contributed by atoms with Crippen molar-refractivity contribution in [2.24, 2.45) is 5.92 Å². The lowest BCUT2D eigenvalue weighted by Crippen LogP contribution is -2.44. The lowest BCUT2D eigenvalue weighted by Gasteiger charge is -2.26. The van der Waals surface area contributed by atoms with E-state index < -0.39 is 6.04 Å². The van der Waals surface area contributed by atoms with E-state index in [-0.39, 0.29) is 29.7 Å². The molecule has 35 heavy (non-hydrogen) atoms. The van der Waals surface area contributed by atoms with E-state index in [0.717, 1.165) is 16.9 Å².